The first-order valence-corrected chi connectivity index (χ1v) is 9.98. The summed E-state index contributed by atoms with van der Waals surface area (Å²) in [6.45, 7) is 0.946. The Bertz CT molecular complexity index is 994. The van der Waals surface area contributed by atoms with Gasteiger partial charge in [0, 0.05) is 21.4 Å². The first-order chi connectivity index (χ1) is 14.0. The van der Waals surface area contributed by atoms with E-state index in [1.165, 1.54) is 7.11 Å². The summed E-state index contributed by atoms with van der Waals surface area (Å²) in [7, 11) is 1.43. The van der Waals surface area contributed by atoms with Crippen LogP contribution in [0.15, 0.2) is 78.9 Å². The standard InChI is InChI=1S/C23H20Cl2N2O2/c1-29-22(28)23(17-5-3-2-4-6-17)15-26(20-11-7-18(24)8-12-20)16-27(23)21-13-9-19(25)10-14-21/h2-14H,15-16H2,1H3. The number of carbonyl (C=O) groups is 1. The summed E-state index contributed by atoms with van der Waals surface area (Å²) in [6.07, 6.45) is 0. The van der Waals surface area contributed by atoms with Crippen molar-refractivity contribution in [3.63, 3.8) is 0 Å². The zero-order valence-electron chi connectivity index (χ0n) is 15.9. The Morgan fingerprint density at radius 2 is 1.41 bits per heavy atom. The molecule has 0 N–H and O–H groups in total. The summed E-state index contributed by atoms with van der Waals surface area (Å²) in [4.78, 5) is 17.5. The highest BCUT2D eigenvalue weighted by molar-refractivity contribution is 6.30. The number of benzene rings is 3. The smallest absolute Gasteiger partial charge is 0.338 e. The first kappa shape index (κ1) is 19.6. The highest BCUT2D eigenvalue weighted by atomic mass is 35.5. The third-order valence-electron chi connectivity index (χ3n) is 5.30. The van der Waals surface area contributed by atoms with Crippen molar-refractivity contribution in [3.05, 3.63) is 94.5 Å². The van der Waals surface area contributed by atoms with Gasteiger partial charge in [-0.05, 0) is 54.1 Å². The molecule has 0 saturated carbocycles. The zero-order chi connectivity index (χ0) is 20.4. The summed E-state index contributed by atoms with van der Waals surface area (Å²) in [5.41, 5.74) is 1.75. The number of hydrogen-bond donors (Lipinski definition) is 0. The molecule has 4 nitrogen and oxygen atoms in total. The lowest BCUT2D eigenvalue weighted by atomic mass is 9.88. The molecule has 3 aromatic rings. The quantitative estimate of drug-likeness (QED) is 0.526. The van der Waals surface area contributed by atoms with Gasteiger partial charge in [-0.3, -0.25) is 0 Å². The fourth-order valence-corrected chi connectivity index (χ4v) is 4.13. The molecule has 3 aromatic carbocycles. The molecule has 1 aliphatic heterocycles. The second-order valence-electron chi connectivity index (χ2n) is 6.94. The van der Waals surface area contributed by atoms with E-state index in [1.54, 1.807) is 0 Å². The topological polar surface area (TPSA) is 32.8 Å². The lowest BCUT2D eigenvalue weighted by Crippen LogP contribution is -2.51. The number of halogens is 2. The van der Waals surface area contributed by atoms with Crippen LogP contribution in [0.5, 0.6) is 0 Å². The number of hydrogen-bond acceptors (Lipinski definition) is 4. The average Bonchev–Trinajstić information content (AvgIpc) is 3.16. The van der Waals surface area contributed by atoms with Gasteiger partial charge in [-0.15, -0.1) is 0 Å². The second kappa shape index (κ2) is 7.97. The average molecular weight is 427 g/mol. The molecule has 0 radical (unpaired) electrons. The third kappa shape index (κ3) is 3.54. The van der Waals surface area contributed by atoms with Gasteiger partial charge in [0.2, 0.25) is 0 Å². The molecule has 29 heavy (non-hydrogen) atoms. The molecule has 0 spiro atoms. The molecule has 1 aliphatic rings. The Hall–Kier alpha value is -2.69. The maximum Gasteiger partial charge on any atom is 0.338 e. The summed E-state index contributed by atoms with van der Waals surface area (Å²) < 4.78 is 5.32. The predicted molar refractivity (Wildman–Crippen MR) is 118 cm³/mol. The Morgan fingerprint density at radius 3 is 1.97 bits per heavy atom. The van der Waals surface area contributed by atoms with Crippen LogP contribution in [0, 0.1) is 0 Å². The highest BCUT2D eigenvalue weighted by Gasteiger charge is 2.53. The zero-order valence-corrected chi connectivity index (χ0v) is 17.4. The SMILES string of the molecule is COC(=O)C1(c2ccccc2)CN(c2ccc(Cl)cc2)CN1c1ccc(Cl)cc1. The molecule has 1 heterocycles. The molecular weight excluding hydrogens is 407 g/mol. The number of rotatable bonds is 4. The van der Waals surface area contributed by atoms with Gasteiger partial charge < -0.3 is 14.5 Å². The van der Waals surface area contributed by atoms with Crippen LogP contribution < -0.4 is 9.80 Å². The van der Waals surface area contributed by atoms with Crippen LogP contribution in [0.3, 0.4) is 0 Å². The molecule has 1 saturated heterocycles. The van der Waals surface area contributed by atoms with E-state index in [1.807, 2.05) is 78.9 Å². The lowest BCUT2D eigenvalue weighted by molar-refractivity contribution is -0.146. The van der Waals surface area contributed by atoms with Gasteiger partial charge in [-0.1, -0.05) is 53.5 Å². The van der Waals surface area contributed by atoms with Crippen molar-refractivity contribution >= 4 is 40.5 Å². The molecule has 6 heteroatoms. The van der Waals surface area contributed by atoms with Gasteiger partial charge in [0.05, 0.1) is 20.3 Å². The fraction of sp³-hybridized carbons (Fsp3) is 0.174. The van der Waals surface area contributed by atoms with Crippen molar-refractivity contribution in [1.29, 1.82) is 0 Å². The lowest BCUT2D eigenvalue weighted by Gasteiger charge is -2.36. The number of nitrogens with zero attached hydrogens (tertiary/aromatic N) is 2. The number of anilines is 2. The van der Waals surface area contributed by atoms with Crippen LogP contribution in [-0.4, -0.2) is 26.3 Å². The van der Waals surface area contributed by atoms with Crippen LogP contribution in [-0.2, 0) is 15.1 Å². The van der Waals surface area contributed by atoms with Crippen LogP contribution in [0.25, 0.3) is 0 Å². The van der Waals surface area contributed by atoms with Crippen molar-refractivity contribution < 1.29 is 9.53 Å². The number of ether oxygens (including phenoxy) is 1. The van der Waals surface area contributed by atoms with Crippen LogP contribution in [0.2, 0.25) is 10.0 Å². The van der Waals surface area contributed by atoms with Gasteiger partial charge in [-0.2, -0.15) is 0 Å². The maximum atomic E-state index is 13.3. The van der Waals surface area contributed by atoms with Crippen LogP contribution in [0.4, 0.5) is 11.4 Å². The summed E-state index contributed by atoms with van der Waals surface area (Å²) in [5, 5.41) is 1.32. The van der Waals surface area contributed by atoms with E-state index in [2.05, 4.69) is 9.80 Å². The van der Waals surface area contributed by atoms with E-state index in [4.69, 9.17) is 27.9 Å². The maximum absolute atomic E-state index is 13.3. The molecular formula is C23H20Cl2N2O2. The Balaban J connectivity index is 1.86. The van der Waals surface area contributed by atoms with Gasteiger partial charge in [0.15, 0.2) is 5.54 Å². The minimum absolute atomic E-state index is 0.310. The van der Waals surface area contributed by atoms with E-state index >= 15 is 0 Å². The molecule has 1 unspecified atom stereocenters. The summed E-state index contributed by atoms with van der Waals surface area (Å²) >= 11 is 12.2. The normalized spacial score (nSPS) is 18.7. The monoisotopic (exact) mass is 426 g/mol. The van der Waals surface area contributed by atoms with E-state index < -0.39 is 5.54 Å². The molecule has 0 aliphatic carbocycles. The molecule has 0 bridgehead atoms. The first-order valence-electron chi connectivity index (χ1n) is 9.22. The van der Waals surface area contributed by atoms with Gasteiger partial charge in [0.25, 0.3) is 0 Å². The Labute approximate surface area is 180 Å². The summed E-state index contributed by atoms with van der Waals surface area (Å²) in [6, 6.07) is 24.9. The molecule has 4 rings (SSSR count). The van der Waals surface area contributed by atoms with Crippen molar-refractivity contribution in [2.24, 2.45) is 0 Å². The predicted octanol–water partition coefficient (Wildman–Crippen LogP) is 5.35. The van der Waals surface area contributed by atoms with Crippen LogP contribution in [0.1, 0.15) is 5.56 Å². The highest BCUT2D eigenvalue weighted by Crippen LogP contribution is 2.41. The second-order valence-corrected chi connectivity index (χ2v) is 7.81. The largest absolute Gasteiger partial charge is 0.467 e. The molecule has 0 aromatic heterocycles. The minimum Gasteiger partial charge on any atom is -0.467 e. The molecule has 1 atom stereocenters. The van der Waals surface area contributed by atoms with Crippen molar-refractivity contribution in [3.8, 4) is 0 Å². The van der Waals surface area contributed by atoms with E-state index in [-0.39, 0.29) is 5.97 Å². The minimum atomic E-state index is -0.997. The number of esters is 1. The van der Waals surface area contributed by atoms with Gasteiger partial charge in [0.1, 0.15) is 0 Å². The van der Waals surface area contributed by atoms with Crippen molar-refractivity contribution in [2.75, 3.05) is 30.1 Å². The Kier molecular flexibility index (Phi) is 5.39. The number of methoxy groups -OCH3 is 1. The molecule has 0 amide bonds. The van der Waals surface area contributed by atoms with Gasteiger partial charge in [-0.25, -0.2) is 4.79 Å². The third-order valence-corrected chi connectivity index (χ3v) is 5.80. The van der Waals surface area contributed by atoms with Crippen LogP contribution >= 0.6 is 23.2 Å². The summed E-state index contributed by atoms with van der Waals surface area (Å²) in [5.74, 6) is -0.310. The molecule has 1 fully saturated rings. The van der Waals surface area contributed by atoms with Crippen molar-refractivity contribution in [2.45, 2.75) is 5.54 Å². The van der Waals surface area contributed by atoms with E-state index in [0.29, 0.717) is 23.3 Å². The molecule has 148 valence electrons. The fourth-order valence-electron chi connectivity index (χ4n) is 3.87. The van der Waals surface area contributed by atoms with E-state index in [0.717, 1.165) is 16.9 Å². The van der Waals surface area contributed by atoms with Crippen molar-refractivity contribution in [1.82, 2.24) is 0 Å². The number of carbonyl (C=O) groups excluding carboxylic acids is 1. The van der Waals surface area contributed by atoms with E-state index in [9.17, 15) is 4.79 Å². The Morgan fingerprint density at radius 1 is 0.862 bits per heavy atom. The van der Waals surface area contributed by atoms with Gasteiger partial charge >= 0.3 is 5.97 Å².